The fourth-order valence-electron chi connectivity index (χ4n) is 4.95. The SMILES string of the molecule is CN1CCC(N2CC3CC2C(=O)N(Cc2ccccn2)c2ccccc2O3)CC1. The van der Waals surface area contributed by atoms with E-state index in [1.165, 1.54) is 0 Å². The van der Waals surface area contributed by atoms with Crippen molar-refractivity contribution in [1.82, 2.24) is 14.8 Å². The number of pyridine rings is 1. The first-order valence-electron chi connectivity index (χ1n) is 10.6. The number of amides is 1. The predicted octanol–water partition coefficient (Wildman–Crippen LogP) is 2.54. The molecule has 6 heteroatoms. The zero-order valence-corrected chi connectivity index (χ0v) is 16.9. The summed E-state index contributed by atoms with van der Waals surface area (Å²) in [5.41, 5.74) is 1.74. The van der Waals surface area contributed by atoms with Crippen LogP contribution < -0.4 is 9.64 Å². The molecule has 29 heavy (non-hydrogen) atoms. The van der Waals surface area contributed by atoms with Gasteiger partial charge in [-0.3, -0.25) is 14.7 Å². The van der Waals surface area contributed by atoms with Gasteiger partial charge in [-0.05, 0) is 57.2 Å². The molecule has 2 aromatic rings. The molecule has 6 nitrogen and oxygen atoms in total. The van der Waals surface area contributed by atoms with Gasteiger partial charge in [-0.2, -0.15) is 0 Å². The van der Waals surface area contributed by atoms with E-state index in [1.807, 2.05) is 47.4 Å². The van der Waals surface area contributed by atoms with Crippen molar-refractivity contribution in [3.05, 3.63) is 54.4 Å². The lowest BCUT2D eigenvalue weighted by atomic mass is 10.0. The number of hydrogen-bond acceptors (Lipinski definition) is 5. The summed E-state index contributed by atoms with van der Waals surface area (Å²) in [6.45, 7) is 3.47. The number of ether oxygens (including phenoxy) is 1. The van der Waals surface area contributed by atoms with E-state index in [2.05, 4.69) is 21.8 Å². The molecule has 2 saturated heterocycles. The summed E-state index contributed by atoms with van der Waals surface area (Å²) in [6.07, 6.45) is 4.84. The third-order valence-electron chi connectivity index (χ3n) is 6.51. The van der Waals surface area contributed by atoms with Crippen molar-refractivity contribution in [1.29, 1.82) is 0 Å². The lowest BCUT2D eigenvalue weighted by Crippen LogP contribution is -2.51. The van der Waals surface area contributed by atoms with Gasteiger partial charge in [0.2, 0.25) is 5.91 Å². The minimum atomic E-state index is -0.120. The number of likely N-dealkylation sites (tertiary alicyclic amines) is 2. The van der Waals surface area contributed by atoms with Gasteiger partial charge >= 0.3 is 0 Å². The normalized spacial score (nSPS) is 26.0. The van der Waals surface area contributed by atoms with Gasteiger partial charge in [0.25, 0.3) is 0 Å². The number of carbonyl (C=O) groups excluding carboxylic acids is 1. The number of rotatable bonds is 3. The molecular weight excluding hydrogens is 364 g/mol. The standard InChI is InChI=1S/C23H28N4O2/c1-25-12-9-18(10-13-25)26-16-19-14-21(26)23(28)27(15-17-6-4-5-11-24-17)20-7-2-3-8-22(20)29-19/h2-8,11,18-19,21H,9-10,12-16H2,1H3. The molecule has 0 N–H and O–H groups in total. The van der Waals surface area contributed by atoms with E-state index in [0.717, 1.165) is 56.0 Å². The Morgan fingerprint density at radius 3 is 2.69 bits per heavy atom. The minimum Gasteiger partial charge on any atom is -0.487 e. The largest absolute Gasteiger partial charge is 0.487 e. The zero-order chi connectivity index (χ0) is 19.8. The summed E-state index contributed by atoms with van der Waals surface area (Å²) in [6, 6.07) is 14.1. The smallest absolute Gasteiger partial charge is 0.244 e. The van der Waals surface area contributed by atoms with E-state index in [9.17, 15) is 4.79 Å². The van der Waals surface area contributed by atoms with Crippen molar-refractivity contribution in [2.24, 2.45) is 0 Å². The topological polar surface area (TPSA) is 48.9 Å². The van der Waals surface area contributed by atoms with E-state index in [1.54, 1.807) is 6.20 Å². The van der Waals surface area contributed by atoms with Crippen molar-refractivity contribution in [3.63, 3.8) is 0 Å². The Balaban J connectivity index is 1.48. The van der Waals surface area contributed by atoms with Crippen LogP contribution in [-0.4, -0.2) is 65.6 Å². The summed E-state index contributed by atoms with van der Waals surface area (Å²) in [5, 5.41) is 0. The zero-order valence-electron chi connectivity index (χ0n) is 16.9. The van der Waals surface area contributed by atoms with Crippen molar-refractivity contribution < 1.29 is 9.53 Å². The third-order valence-corrected chi connectivity index (χ3v) is 6.51. The number of piperidine rings is 1. The molecule has 2 fully saturated rings. The van der Waals surface area contributed by atoms with Gasteiger partial charge in [-0.25, -0.2) is 0 Å². The molecule has 1 aromatic heterocycles. The molecular formula is C23H28N4O2. The van der Waals surface area contributed by atoms with Gasteiger partial charge in [-0.1, -0.05) is 18.2 Å². The first-order valence-corrected chi connectivity index (χ1v) is 10.6. The van der Waals surface area contributed by atoms with E-state index in [4.69, 9.17) is 4.74 Å². The van der Waals surface area contributed by atoms with Crippen LogP contribution in [0.5, 0.6) is 5.75 Å². The lowest BCUT2D eigenvalue weighted by Gasteiger charge is -2.38. The number of para-hydroxylation sites is 2. The van der Waals surface area contributed by atoms with Crippen LogP contribution in [0.4, 0.5) is 5.69 Å². The Morgan fingerprint density at radius 1 is 1.10 bits per heavy atom. The van der Waals surface area contributed by atoms with Crippen LogP contribution >= 0.6 is 0 Å². The Kier molecular flexibility index (Phi) is 4.97. The molecule has 5 rings (SSSR count). The summed E-state index contributed by atoms with van der Waals surface area (Å²) < 4.78 is 6.42. The molecule has 0 saturated carbocycles. The van der Waals surface area contributed by atoms with Crippen LogP contribution in [0.2, 0.25) is 0 Å². The Bertz CT molecular complexity index is 866. The van der Waals surface area contributed by atoms with Gasteiger partial charge in [0.1, 0.15) is 11.9 Å². The summed E-state index contributed by atoms with van der Waals surface area (Å²) >= 11 is 0. The molecule has 2 atom stereocenters. The first kappa shape index (κ1) is 18.6. The van der Waals surface area contributed by atoms with Crippen molar-refractivity contribution in [2.45, 2.75) is 44.0 Å². The number of nitrogens with zero attached hydrogens (tertiary/aromatic N) is 4. The van der Waals surface area contributed by atoms with E-state index in [0.29, 0.717) is 12.6 Å². The Labute approximate surface area is 172 Å². The number of hydrogen-bond donors (Lipinski definition) is 0. The summed E-state index contributed by atoms with van der Waals surface area (Å²) in [4.78, 5) is 25.0. The minimum absolute atomic E-state index is 0.0711. The molecule has 3 aliphatic heterocycles. The molecule has 0 spiro atoms. The van der Waals surface area contributed by atoms with Gasteiger partial charge in [0.05, 0.1) is 24.0 Å². The van der Waals surface area contributed by atoms with Crippen LogP contribution in [-0.2, 0) is 11.3 Å². The lowest BCUT2D eigenvalue weighted by molar-refractivity contribution is -0.124. The van der Waals surface area contributed by atoms with Crippen molar-refractivity contribution >= 4 is 11.6 Å². The molecule has 2 unspecified atom stereocenters. The molecule has 1 amide bonds. The second-order valence-corrected chi connectivity index (χ2v) is 8.44. The van der Waals surface area contributed by atoms with E-state index < -0.39 is 0 Å². The highest BCUT2D eigenvalue weighted by Crippen LogP contribution is 2.38. The fourth-order valence-corrected chi connectivity index (χ4v) is 4.95. The maximum atomic E-state index is 13.8. The first-order chi connectivity index (χ1) is 14.2. The van der Waals surface area contributed by atoms with Gasteiger partial charge in [0, 0.05) is 25.2 Å². The van der Waals surface area contributed by atoms with E-state index >= 15 is 0 Å². The predicted molar refractivity (Wildman–Crippen MR) is 112 cm³/mol. The monoisotopic (exact) mass is 392 g/mol. The summed E-state index contributed by atoms with van der Waals surface area (Å²) in [5.74, 6) is 0.971. The average molecular weight is 393 g/mol. The maximum Gasteiger partial charge on any atom is 0.244 e. The van der Waals surface area contributed by atoms with Crippen LogP contribution in [0, 0.1) is 0 Å². The van der Waals surface area contributed by atoms with Gasteiger partial charge in [0.15, 0.2) is 0 Å². The van der Waals surface area contributed by atoms with Crippen LogP contribution in [0.15, 0.2) is 48.7 Å². The number of benzene rings is 1. The molecule has 3 aliphatic rings. The number of anilines is 1. The molecule has 152 valence electrons. The van der Waals surface area contributed by atoms with Gasteiger partial charge in [-0.15, -0.1) is 0 Å². The molecule has 0 radical (unpaired) electrons. The second kappa shape index (κ2) is 7.76. The average Bonchev–Trinajstić information content (AvgIpc) is 3.18. The molecule has 4 heterocycles. The molecule has 1 aromatic carbocycles. The highest BCUT2D eigenvalue weighted by Gasteiger charge is 2.45. The second-order valence-electron chi connectivity index (χ2n) is 8.44. The highest BCUT2D eigenvalue weighted by atomic mass is 16.5. The number of aromatic nitrogens is 1. The maximum absolute atomic E-state index is 13.8. The van der Waals surface area contributed by atoms with Crippen LogP contribution in [0.25, 0.3) is 0 Å². The van der Waals surface area contributed by atoms with Crippen LogP contribution in [0.1, 0.15) is 25.0 Å². The van der Waals surface area contributed by atoms with Crippen molar-refractivity contribution in [3.8, 4) is 5.75 Å². The Hall–Kier alpha value is -2.44. The van der Waals surface area contributed by atoms with Crippen LogP contribution in [0.3, 0.4) is 0 Å². The third kappa shape index (κ3) is 3.63. The summed E-state index contributed by atoms with van der Waals surface area (Å²) in [7, 11) is 2.17. The fraction of sp³-hybridized carbons (Fsp3) is 0.478. The highest BCUT2D eigenvalue weighted by molar-refractivity contribution is 5.99. The van der Waals surface area contributed by atoms with Crippen molar-refractivity contribution in [2.75, 3.05) is 31.6 Å². The molecule has 0 aliphatic carbocycles. The Morgan fingerprint density at radius 2 is 1.90 bits per heavy atom. The number of fused-ring (bicyclic) bond motifs is 3. The molecule has 2 bridgehead atoms. The quantitative estimate of drug-likeness (QED) is 0.804. The van der Waals surface area contributed by atoms with Gasteiger partial charge < -0.3 is 14.5 Å². The van der Waals surface area contributed by atoms with E-state index in [-0.39, 0.29) is 18.1 Å². The number of carbonyl (C=O) groups is 1.